The molecule has 5 nitrogen and oxygen atoms in total. The molecule has 2 amide bonds. The Labute approximate surface area is 183 Å². The van der Waals surface area contributed by atoms with Gasteiger partial charge in [0.25, 0.3) is 11.8 Å². The van der Waals surface area contributed by atoms with Crippen LogP contribution in [0.4, 0.5) is 20.2 Å². The van der Waals surface area contributed by atoms with Gasteiger partial charge in [0.2, 0.25) is 0 Å². The maximum Gasteiger partial charge on any atom is 0.282 e. The minimum Gasteiger partial charge on any atom is -0.497 e. The number of rotatable bonds is 5. The molecule has 0 fully saturated rings. The molecule has 0 unspecified atom stereocenters. The topological polar surface area (TPSA) is 58.6 Å². The van der Waals surface area contributed by atoms with Crippen LogP contribution in [0.15, 0.2) is 66.4 Å². The summed E-state index contributed by atoms with van der Waals surface area (Å²) in [5.41, 5.74) is 3.21. The molecular weight excluding hydrogens is 414 g/mol. The average Bonchev–Trinajstić information content (AvgIpc) is 3.01. The average molecular weight is 434 g/mol. The molecule has 3 aromatic carbocycles. The molecule has 162 valence electrons. The van der Waals surface area contributed by atoms with E-state index in [0.29, 0.717) is 17.0 Å². The number of anilines is 2. The lowest BCUT2D eigenvalue weighted by molar-refractivity contribution is -0.120. The molecule has 0 radical (unpaired) electrons. The van der Waals surface area contributed by atoms with Gasteiger partial charge < -0.3 is 10.1 Å². The van der Waals surface area contributed by atoms with Crippen molar-refractivity contribution in [2.75, 3.05) is 17.3 Å². The molecule has 3 aromatic rings. The molecule has 0 saturated carbocycles. The molecule has 0 aliphatic carbocycles. The molecule has 0 spiro atoms. The van der Waals surface area contributed by atoms with Crippen LogP contribution in [0.5, 0.6) is 5.75 Å². The van der Waals surface area contributed by atoms with Crippen molar-refractivity contribution in [3.8, 4) is 5.75 Å². The van der Waals surface area contributed by atoms with Gasteiger partial charge >= 0.3 is 0 Å². The number of ether oxygens (including phenoxy) is 1. The van der Waals surface area contributed by atoms with Crippen LogP contribution in [0.1, 0.15) is 16.7 Å². The van der Waals surface area contributed by atoms with Crippen LogP contribution in [-0.4, -0.2) is 18.9 Å². The highest BCUT2D eigenvalue weighted by Gasteiger charge is 2.40. The van der Waals surface area contributed by atoms with E-state index >= 15 is 0 Å². The summed E-state index contributed by atoms with van der Waals surface area (Å²) in [5, 5.41) is 3.09. The van der Waals surface area contributed by atoms with Gasteiger partial charge in [0.15, 0.2) is 11.6 Å². The number of nitrogens with one attached hydrogen (secondary N) is 1. The molecule has 1 aliphatic rings. The predicted octanol–water partition coefficient (Wildman–Crippen LogP) is 4.99. The summed E-state index contributed by atoms with van der Waals surface area (Å²) in [5.74, 6) is -2.92. The molecule has 0 atom stereocenters. The normalized spacial score (nSPS) is 13.7. The van der Waals surface area contributed by atoms with Gasteiger partial charge in [-0.05, 0) is 55.3 Å². The number of halogens is 2. The zero-order chi connectivity index (χ0) is 23.0. The van der Waals surface area contributed by atoms with E-state index in [1.165, 1.54) is 13.2 Å². The fourth-order valence-electron chi connectivity index (χ4n) is 3.62. The van der Waals surface area contributed by atoms with Crippen molar-refractivity contribution < 1.29 is 23.1 Å². The number of hydrogen-bond donors (Lipinski definition) is 1. The standard InChI is InChI=1S/C25H20F2N2O3/c1-14-4-11-21(15(2)12-14)28-23-22(16-5-8-18(32-3)9-6-16)24(30)29(25(23)31)17-7-10-19(26)20(27)13-17/h4-13,28H,1-3H3. The van der Waals surface area contributed by atoms with Crippen molar-refractivity contribution in [3.63, 3.8) is 0 Å². The summed E-state index contributed by atoms with van der Waals surface area (Å²) in [6, 6.07) is 15.2. The molecule has 1 N–H and O–H groups in total. The first-order valence-electron chi connectivity index (χ1n) is 9.87. The van der Waals surface area contributed by atoms with Crippen LogP contribution in [-0.2, 0) is 9.59 Å². The first-order chi connectivity index (χ1) is 15.3. The summed E-state index contributed by atoms with van der Waals surface area (Å²) in [6.45, 7) is 3.84. The van der Waals surface area contributed by atoms with Crippen molar-refractivity contribution >= 4 is 28.8 Å². The second kappa shape index (κ2) is 8.26. The lowest BCUT2D eigenvalue weighted by Gasteiger charge is -2.16. The van der Waals surface area contributed by atoms with Crippen LogP contribution in [0.2, 0.25) is 0 Å². The molecule has 32 heavy (non-hydrogen) atoms. The van der Waals surface area contributed by atoms with E-state index in [0.717, 1.165) is 28.2 Å². The van der Waals surface area contributed by atoms with E-state index in [9.17, 15) is 18.4 Å². The highest BCUT2D eigenvalue weighted by molar-refractivity contribution is 6.46. The number of benzene rings is 3. The summed E-state index contributed by atoms with van der Waals surface area (Å²) in [6.07, 6.45) is 0. The molecule has 0 bridgehead atoms. The molecule has 1 aliphatic heterocycles. The Kier molecular flexibility index (Phi) is 5.48. The fourth-order valence-corrected chi connectivity index (χ4v) is 3.62. The minimum atomic E-state index is -1.15. The third-order valence-electron chi connectivity index (χ3n) is 5.27. The number of nitrogens with zero attached hydrogens (tertiary/aromatic N) is 1. The monoisotopic (exact) mass is 434 g/mol. The lowest BCUT2D eigenvalue weighted by Crippen LogP contribution is -2.32. The largest absolute Gasteiger partial charge is 0.497 e. The fraction of sp³-hybridized carbons (Fsp3) is 0.120. The molecule has 7 heteroatoms. The second-order valence-corrected chi connectivity index (χ2v) is 7.47. The first kappa shape index (κ1) is 21.2. The zero-order valence-corrected chi connectivity index (χ0v) is 17.7. The van der Waals surface area contributed by atoms with Gasteiger partial charge in [-0.25, -0.2) is 13.7 Å². The van der Waals surface area contributed by atoms with Gasteiger partial charge in [-0.1, -0.05) is 29.8 Å². The summed E-state index contributed by atoms with van der Waals surface area (Å²) >= 11 is 0. The smallest absolute Gasteiger partial charge is 0.282 e. The van der Waals surface area contributed by atoms with E-state index in [-0.39, 0.29) is 17.0 Å². The second-order valence-electron chi connectivity index (χ2n) is 7.47. The van der Waals surface area contributed by atoms with E-state index in [4.69, 9.17) is 4.74 Å². The zero-order valence-electron chi connectivity index (χ0n) is 17.7. The highest BCUT2D eigenvalue weighted by Crippen LogP contribution is 2.35. The molecule has 4 rings (SSSR count). The van der Waals surface area contributed by atoms with Crippen molar-refractivity contribution in [2.45, 2.75) is 13.8 Å². The Balaban J connectivity index is 1.83. The van der Waals surface area contributed by atoms with Crippen molar-refractivity contribution in [3.05, 3.63) is 94.7 Å². The lowest BCUT2D eigenvalue weighted by atomic mass is 10.0. The highest BCUT2D eigenvalue weighted by atomic mass is 19.2. The third-order valence-corrected chi connectivity index (χ3v) is 5.27. The van der Waals surface area contributed by atoms with Crippen LogP contribution >= 0.6 is 0 Å². The van der Waals surface area contributed by atoms with E-state index in [1.54, 1.807) is 24.3 Å². The third kappa shape index (κ3) is 3.73. The van der Waals surface area contributed by atoms with Gasteiger partial charge in [0, 0.05) is 11.8 Å². The summed E-state index contributed by atoms with van der Waals surface area (Å²) < 4.78 is 32.5. The van der Waals surface area contributed by atoms with Crippen LogP contribution in [0, 0.1) is 25.5 Å². The van der Waals surface area contributed by atoms with Gasteiger partial charge in [-0.3, -0.25) is 9.59 Å². The number of carbonyl (C=O) groups excluding carboxylic acids is 2. The van der Waals surface area contributed by atoms with Crippen molar-refractivity contribution in [1.29, 1.82) is 0 Å². The Morgan fingerprint density at radius 3 is 2.19 bits per heavy atom. The number of hydrogen-bond acceptors (Lipinski definition) is 4. The Bertz CT molecular complexity index is 1270. The quantitative estimate of drug-likeness (QED) is 0.575. The Hall–Kier alpha value is -4.00. The first-order valence-corrected chi connectivity index (χ1v) is 9.87. The number of amides is 2. The maximum absolute atomic E-state index is 13.9. The molecule has 0 aromatic heterocycles. The van der Waals surface area contributed by atoms with Crippen LogP contribution in [0.3, 0.4) is 0 Å². The SMILES string of the molecule is COc1ccc(C2=C(Nc3ccc(C)cc3C)C(=O)N(c3ccc(F)c(F)c3)C2=O)cc1. The number of methoxy groups -OCH3 is 1. The maximum atomic E-state index is 13.9. The Morgan fingerprint density at radius 2 is 1.56 bits per heavy atom. The van der Waals surface area contributed by atoms with E-state index < -0.39 is 23.4 Å². The van der Waals surface area contributed by atoms with Crippen LogP contribution in [0.25, 0.3) is 5.57 Å². The molecule has 0 saturated heterocycles. The van der Waals surface area contributed by atoms with Crippen molar-refractivity contribution in [1.82, 2.24) is 0 Å². The predicted molar refractivity (Wildman–Crippen MR) is 118 cm³/mol. The van der Waals surface area contributed by atoms with Gasteiger partial charge in [-0.2, -0.15) is 0 Å². The van der Waals surface area contributed by atoms with E-state index in [2.05, 4.69) is 5.32 Å². The summed E-state index contributed by atoms with van der Waals surface area (Å²) in [4.78, 5) is 27.6. The summed E-state index contributed by atoms with van der Waals surface area (Å²) in [7, 11) is 1.52. The van der Waals surface area contributed by atoms with Gasteiger partial charge in [0.1, 0.15) is 11.4 Å². The Morgan fingerprint density at radius 1 is 0.844 bits per heavy atom. The number of carbonyl (C=O) groups is 2. The molecular formula is C25H20F2N2O3. The minimum absolute atomic E-state index is 0.0526. The number of aryl methyl sites for hydroxylation is 2. The van der Waals surface area contributed by atoms with E-state index in [1.807, 2.05) is 32.0 Å². The van der Waals surface area contributed by atoms with Crippen molar-refractivity contribution in [2.24, 2.45) is 0 Å². The number of imide groups is 1. The van der Waals surface area contributed by atoms with Gasteiger partial charge in [0.05, 0.1) is 18.4 Å². The molecule has 1 heterocycles. The van der Waals surface area contributed by atoms with Crippen LogP contribution < -0.4 is 15.0 Å². The van der Waals surface area contributed by atoms with Gasteiger partial charge in [-0.15, -0.1) is 0 Å².